The van der Waals surface area contributed by atoms with E-state index in [2.05, 4.69) is 178 Å². The van der Waals surface area contributed by atoms with Crippen molar-refractivity contribution in [1.29, 1.82) is 0 Å². The van der Waals surface area contributed by atoms with Crippen molar-refractivity contribution in [3.63, 3.8) is 0 Å². The molecule has 3 aromatic heterocycles. The van der Waals surface area contributed by atoms with Crippen molar-refractivity contribution in [3.8, 4) is 73.2 Å². The van der Waals surface area contributed by atoms with Gasteiger partial charge in [0.1, 0.15) is 11.2 Å². The van der Waals surface area contributed by atoms with Crippen LogP contribution in [0.15, 0.2) is 199 Å². The smallest absolute Gasteiger partial charge is 0.166 e. The number of furan rings is 1. The zero-order valence-corrected chi connectivity index (χ0v) is 37.2. The molecule has 314 valence electrons. The quantitative estimate of drug-likeness (QED) is 0.160. The van der Waals surface area contributed by atoms with Crippen molar-refractivity contribution in [1.82, 2.24) is 19.5 Å². The molecule has 0 bridgehead atoms. The van der Waals surface area contributed by atoms with E-state index in [0.717, 1.165) is 66.5 Å². The number of nitrogens with zero attached hydrogens (tertiary/aromatic N) is 4. The van der Waals surface area contributed by atoms with Crippen LogP contribution in [0.25, 0.3) is 117 Å². The normalized spacial score (nSPS) is 11.6. The van der Waals surface area contributed by atoms with Crippen molar-refractivity contribution in [3.05, 3.63) is 216 Å². The summed E-state index contributed by atoms with van der Waals surface area (Å²) in [6.07, 6.45) is 0. The van der Waals surface area contributed by atoms with E-state index in [1.807, 2.05) is 48.5 Å². The number of rotatable bonds is 7. The number of hydrogen-bond acceptors (Lipinski definition) is 4. The van der Waals surface area contributed by atoms with Crippen LogP contribution in [0, 0.1) is 27.7 Å². The van der Waals surface area contributed by atoms with Crippen LogP contribution in [-0.4, -0.2) is 19.5 Å². The molecule has 66 heavy (non-hydrogen) atoms. The van der Waals surface area contributed by atoms with Gasteiger partial charge in [0, 0.05) is 38.2 Å². The van der Waals surface area contributed by atoms with Crippen LogP contribution in [-0.2, 0) is 0 Å². The lowest BCUT2D eigenvalue weighted by Gasteiger charge is -2.17. The van der Waals surface area contributed by atoms with Crippen LogP contribution in [0.3, 0.4) is 0 Å². The number of benzene rings is 9. The van der Waals surface area contributed by atoms with E-state index in [1.165, 1.54) is 55.3 Å². The highest BCUT2D eigenvalue weighted by atomic mass is 16.3. The van der Waals surface area contributed by atoms with Gasteiger partial charge in [-0.05, 0) is 116 Å². The molecule has 0 spiro atoms. The number of fused-ring (bicyclic) bond motifs is 6. The highest BCUT2D eigenvalue weighted by molar-refractivity contribution is 6.12. The molecular formula is C61H44N4O. The summed E-state index contributed by atoms with van der Waals surface area (Å²) < 4.78 is 8.67. The Labute approximate surface area is 383 Å². The van der Waals surface area contributed by atoms with Gasteiger partial charge in [0.05, 0.1) is 16.7 Å². The van der Waals surface area contributed by atoms with Gasteiger partial charge in [0.15, 0.2) is 17.5 Å². The fourth-order valence-electron chi connectivity index (χ4n) is 9.85. The second-order valence-corrected chi connectivity index (χ2v) is 17.6. The highest BCUT2D eigenvalue weighted by Gasteiger charge is 2.22. The van der Waals surface area contributed by atoms with Crippen LogP contribution < -0.4 is 0 Å². The minimum Gasteiger partial charge on any atom is -0.456 e. The molecule has 0 saturated heterocycles. The molecule has 12 rings (SSSR count). The molecule has 0 radical (unpaired) electrons. The van der Waals surface area contributed by atoms with Crippen LogP contribution in [0.2, 0.25) is 0 Å². The van der Waals surface area contributed by atoms with Gasteiger partial charge < -0.3 is 8.98 Å². The number of aryl methyl sites for hydroxylation is 4. The van der Waals surface area contributed by atoms with Crippen molar-refractivity contribution < 1.29 is 4.42 Å². The summed E-state index contributed by atoms with van der Waals surface area (Å²) in [5.41, 5.74) is 19.5. The van der Waals surface area contributed by atoms with E-state index in [-0.39, 0.29) is 0 Å². The Bertz CT molecular complexity index is 3650. The minimum absolute atomic E-state index is 0.586. The first kappa shape index (κ1) is 39.2. The van der Waals surface area contributed by atoms with Crippen molar-refractivity contribution in [2.75, 3.05) is 0 Å². The van der Waals surface area contributed by atoms with Crippen molar-refractivity contribution >= 4 is 43.7 Å². The molecule has 0 unspecified atom stereocenters. The molecule has 0 aliphatic rings. The standard InChI is InChI=1S/C61H44N4O/c1-37-27-38(2)30-47(29-37)45-20-23-54-50(33-45)51-34-46(48-31-39(3)28-40(4)32-48)21-24-55(51)65(54)56-25-19-43(44-22-26-58-52(35-44)49-17-11-12-18-57(49)66-58)36-53(56)61-63-59(41-13-7-5-8-14-41)62-60(64-61)42-15-9-6-10-16-42/h5-36H,1-4H3. The van der Waals surface area contributed by atoms with Crippen LogP contribution in [0.4, 0.5) is 0 Å². The largest absolute Gasteiger partial charge is 0.456 e. The number of para-hydroxylation sites is 1. The summed E-state index contributed by atoms with van der Waals surface area (Å²) in [7, 11) is 0. The number of hydrogen-bond donors (Lipinski definition) is 0. The molecule has 0 aliphatic heterocycles. The van der Waals surface area contributed by atoms with E-state index >= 15 is 0 Å². The fourth-order valence-corrected chi connectivity index (χ4v) is 9.85. The van der Waals surface area contributed by atoms with Gasteiger partial charge in [-0.15, -0.1) is 0 Å². The van der Waals surface area contributed by atoms with Gasteiger partial charge in [-0.3, -0.25) is 0 Å². The SMILES string of the molecule is Cc1cc(C)cc(-c2ccc3c(c2)c2cc(-c4cc(C)cc(C)c4)ccc2n3-c2ccc(-c3ccc4oc5ccccc5c4c3)cc2-c2nc(-c3ccccc3)nc(-c3ccccc3)n2)c1. The first-order valence-corrected chi connectivity index (χ1v) is 22.5. The maximum absolute atomic E-state index is 6.26. The first-order chi connectivity index (χ1) is 32.3. The summed E-state index contributed by atoms with van der Waals surface area (Å²) in [4.78, 5) is 15.8. The summed E-state index contributed by atoms with van der Waals surface area (Å²) in [6, 6.07) is 69.2. The summed E-state index contributed by atoms with van der Waals surface area (Å²) in [5, 5.41) is 4.51. The van der Waals surface area contributed by atoms with Crippen molar-refractivity contribution in [2.24, 2.45) is 0 Å². The molecule has 0 fully saturated rings. The monoisotopic (exact) mass is 848 g/mol. The molecule has 0 N–H and O–H groups in total. The number of aromatic nitrogens is 4. The molecule has 3 heterocycles. The Kier molecular flexibility index (Phi) is 9.32. The third-order valence-corrected chi connectivity index (χ3v) is 12.8. The molecule has 9 aromatic carbocycles. The molecule has 0 aliphatic carbocycles. The average Bonchev–Trinajstić information content (AvgIpc) is 3.88. The van der Waals surface area contributed by atoms with Gasteiger partial charge in [0.2, 0.25) is 0 Å². The summed E-state index contributed by atoms with van der Waals surface area (Å²) in [5.74, 6) is 1.81. The average molecular weight is 849 g/mol. The zero-order valence-electron chi connectivity index (χ0n) is 37.2. The van der Waals surface area contributed by atoms with E-state index in [4.69, 9.17) is 19.4 Å². The maximum Gasteiger partial charge on any atom is 0.166 e. The molecule has 0 saturated carbocycles. The predicted octanol–water partition coefficient (Wildman–Crippen LogP) is 16.1. The lowest BCUT2D eigenvalue weighted by atomic mass is 9.97. The lowest BCUT2D eigenvalue weighted by molar-refractivity contribution is 0.669. The second-order valence-electron chi connectivity index (χ2n) is 17.6. The van der Waals surface area contributed by atoms with Gasteiger partial charge in [-0.1, -0.05) is 162 Å². The highest BCUT2D eigenvalue weighted by Crippen LogP contribution is 2.42. The Hall–Kier alpha value is -8.41. The first-order valence-electron chi connectivity index (χ1n) is 22.5. The van der Waals surface area contributed by atoms with Crippen LogP contribution >= 0.6 is 0 Å². The van der Waals surface area contributed by atoms with E-state index in [9.17, 15) is 0 Å². The molecule has 0 atom stereocenters. The van der Waals surface area contributed by atoms with Gasteiger partial charge in [-0.25, -0.2) is 15.0 Å². The fraction of sp³-hybridized carbons (Fsp3) is 0.0656. The zero-order chi connectivity index (χ0) is 44.5. The molecular weight excluding hydrogens is 805 g/mol. The van der Waals surface area contributed by atoms with E-state index in [1.54, 1.807) is 0 Å². The summed E-state index contributed by atoms with van der Waals surface area (Å²) >= 11 is 0. The molecule has 5 heteroatoms. The van der Waals surface area contributed by atoms with Crippen LogP contribution in [0.5, 0.6) is 0 Å². The Morgan fingerprint density at radius 1 is 0.318 bits per heavy atom. The molecule has 5 nitrogen and oxygen atoms in total. The van der Waals surface area contributed by atoms with E-state index in [0.29, 0.717) is 17.5 Å². The van der Waals surface area contributed by atoms with Crippen LogP contribution in [0.1, 0.15) is 22.3 Å². The minimum atomic E-state index is 0.586. The van der Waals surface area contributed by atoms with Crippen molar-refractivity contribution in [2.45, 2.75) is 27.7 Å². The predicted molar refractivity (Wildman–Crippen MR) is 273 cm³/mol. The third kappa shape index (κ3) is 6.93. The second kappa shape index (κ2) is 15.7. The van der Waals surface area contributed by atoms with Gasteiger partial charge in [-0.2, -0.15) is 0 Å². The molecule has 0 amide bonds. The third-order valence-electron chi connectivity index (χ3n) is 12.8. The summed E-state index contributed by atoms with van der Waals surface area (Å²) in [6.45, 7) is 8.69. The Balaban J connectivity index is 1.15. The topological polar surface area (TPSA) is 56.7 Å². The van der Waals surface area contributed by atoms with Gasteiger partial charge >= 0.3 is 0 Å². The van der Waals surface area contributed by atoms with E-state index < -0.39 is 0 Å². The Morgan fingerprint density at radius 3 is 1.33 bits per heavy atom. The van der Waals surface area contributed by atoms with Gasteiger partial charge in [0.25, 0.3) is 0 Å². The molecule has 12 aromatic rings. The maximum atomic E-state index is 6.26. The Morgan fingerprint density at radius 2 is 0.758 bits per heavy atom. The lowest BCUT2D eigenvalue weighted by Crippen LogP contribution is -2.04.